The molecule has 2 aromatic carbocycles. The predicted molar refractivity (Wildman–Crippen MR) is 73.0 cm³/mol. The van der Waals surface area contributed by atoms with Crippen molar-refractivity contribution in [3.05, 3.63) is 62.6 Å². The van der Waals surface area contributed by atoms with Crippen molar-refractivity contribution >= 4 is 40.6 Å². The van der Waals surface area contributed by atoms with E-state index in [1.165, 1.54) is 36.4 Å². The molecule has 0 aliphatic carbocycles. The van der Waals surface area contributed by atoms with Crippen LogP contribution >= 0.6 is 34.8 Å². The standard InChI is InChI=1S/C13H7Cl3O2/c14-8-2-4-12(17)9(6-8)13(18)7-1-3-10(15)11(16)5-7/h1-6,17H. The highest BCUT2D eigenvalue weighted by atomic mass is 35.5. The summed E-state index contributed by atoms with van der Waals surface area (Å²) in [6, 6.07) is 8.79. The number of phenolic OH excluding ortho intramolecular Hbond substituents is 1. The van der Waals surface area contributed by atoms with Gasteiger partial charge >= 0.3 is 0 Å². The summed E-state index contributed by atoms with van der Waals surface area (Å²) in [6.07, 6.45) is 0. The number of rotatable bonds is 2. The molecular weight excluding hydrogens is 295 g/mol. The van der Waals surface area contributed by atoms with Gasteiger partial charge < -0.3 is 5.11 Å². The van der Waals surface area contributed by atoms with Gasteiger partial charge in [-0.1, -0.05) is 34.8 Å². The highest BCUT2D eigenvalue weighted by Gasteiger charge is 2.15. The molecule has 0 amide bonds. The van der Waals surface area contributed by atoms with Crippen LogP contribution in [-0.2, 0) is 0 Å². The molecule has 0 radical (unpaired) electrons. The lowest BCUT2D eigenvalue weighted by Gasteiger charge is -2.05. The number of hydrogen-bond donors (Lipinski definition) is 1. The van der Waals surface area contributed by atoms with E-state index in [0.29, 0.717) is 15.6 Å². The lowest BCUT2D eigenvalue weighted by molar-refractivity contribution is 0.103. The molecule has 0 heterocycles. The maximum Gasteiger partial charge on any atom is 0.196 e. The summed E-state index contributed by atoms with van der Waals surface area (Å²) in [5.74, 6) is -0.496. The lowest BCUT2D eigenvalue weighted by atomic mass is 10.0. The van der Waals surface area contributed by atoms with Crippen molar-refractivity contribution in [1.29, 1.82) is 0 Å². The molecule has 0 aromatic heterocycles. The summed E-state index contributed by atoms with van der Waals surface area (Å²) in [7, 11) is 0. The first-order valence-electron chi connectivity index (χ1n) is 4.97. The minimum absolute atomic E-state index is 0.126. The topological polar surface area (TPSA) is 37.3 Å². The van der Waals surface area contributed by atoms with Crippen molar-refractivity contribution in [3.8, 4) is 5.75 Å². The van der Waals surface area contributed by atoms with Gasteiger partial charge in [0.1, 0.15) is 5.75 Å². The Balaban J connectivity index is 2.47. The molecule has 92 valence electrons. The largest absolute Gasteiger partial charge is 0.507 e. The van der Waals surface area contributed by atoms with E-state index in [1.807, 2.05) is 0 Å². The number of aromatic hydroxyl groups is 1. The molecule has 2 nitrogen and oxygen atoms in total. The fourth-order valence-electron chi connectivity index (χ4n) is 1.48. The van der Waals surface area contributed by atoms with E-state index in [-0.39, 0.29) is 22.1 Å². The third-order valence-electron chi connectivity index (χ3n) is 2.39. The molecule has 5 heteroatoms. The average molecular weight is 302 g/mol. The van der Waals surface area contributed by atoms with E-state index in [9.17, 15) is 9.90 Å². The number of hydrogen-bond acceptors (Lipinski definition) is 2. The summed E-state index contributed by atoms with van der Waals surface area (Å²) < 4.78 is 0. The van der Waals surface area contributed by atoms with Gasteiger partial charge in [0.2, 0.25) is 0 Å². The van der Waals surface area contributed by atoms with Crippen molar-refractivity contribution in [1.82, 2.24) is 0 Å². The summed E-state index contributed by atoms with van der Waals surface area (Å²) in [5.41, 5.74) is 0.461. The second-order valence-corrected chi connectivity index (χ2v) is 4.87. The SMILES string of the molecule is O=C(c1ccc(Cl)c(Cl)c1)c1cc(Cl)ccc1O. The van der Waals surface area contributed by atoms with Gasteiger partial charge in [0.15, 0.2) is 5.78 Å². The Morgan fingerprint density at radius 3 is 2.33 bits per heavy atom. The van der Waals surface area contributed by atoms with Gasteiger partial charge in [-0.2, -0.15) is 0 Å². The zero-order chi connectivity index (χ0) is 13.3. The van der Waals surface area contributed by atoms with Crippen LogP contribution in [0, 0.1) is 0 Å². The van der Waals surface area contributed by atoms with Gasteiger partial charge in [-0.25, -0.2) is 0 Å². The van der Waals surface area contributed by atoms with Crippen molar-refractivity contribution in [2.24, 2.45) is 0 Å². The van der Waals surface area contributed by atoms with Gasteiger partial charge in [-0.15, -0.1) is 0 Å². The van der Waals surface area contributed by atoms with Gasteiger partial charge in [-0.05, 0) is 36.4 Å². The van der Waals surface area contributed by atoms with Gasteiger partial charge in [0.05, 0.1) is 15.6 Å². The zero-order valence-electron chi connectivity index (χ0n) is 8.95. The Kier molecular flexibility index (Phi) is 3.81. The molecule has 0 spiro atoms. The number of carbonyl (C=O) groups excluding carboxylic acids is 1. The lowest BCUT2D eigenvalue weighted by Crippen LogP contribution is -2.01. The van der Waals surface area contributed by atoms with Crippen LogP contribution < -0.4 is 0 Å². The quantitative estimate of drug-likeness (QED) is 0.824. The normalized spacial score (nSPS) is 10.4. The van der Waals surface area contributed by atoms with Crippen LogP contribution in [0.4, 0.5) is 0 Å². The first-order chi connectivity index (χ1) is 8.49. The average Bonchev–Trinajstić information content (AvgIpc) is 2.35. The van der Waals surface area contributed by atoms with Gasteiger partial charge in [-0.3, -0.25) is 4.79 Å². The molecule has 1 N–H and O–H groups in total. The van der Waals surface area contributed by atoms with E-state index in [0.717, 1.165) is 0 Å². The number of carbonyl (C=O) groups is 1. The van der Waals surface area contributed by atoms with Crippen LogP contribution in [0.1, 0.15) is 15.9 Å². The Morgan fingerprint density at radius 1 is 0.944 bits per heavy atom. The van der Waals surface area contributed by atoms with Crippen LogP contribution in [0.3, 0.4) is 0 Å². The number of halogens is 3. The molecule has 18 heavy (non-hydrogen) atoms. The molecule has 0 aliphatic rings. The molecule has 0 saturated carbocycles. The zero-order valence-corrected chi connectivity index (χ0v) is 11.2. The Bertz CT molecular complexity index is 624. The molecule has 0 saturated heterocycles. The Hall–Kier alpha value is -1.22. The van der Waals surface area contributed by atoms with E-state index in [4.69, 9.17) is 34.8 Å². The summed E-state index contributed by atoms with van der Waals surface area (Å²) in [4.78, 5) is 12.2. The van der Waals surface area contributed by atoms with Crippen molar-refractivity contribution in [2.75, 3.05) is 0 Å². The highest BCUT2D eigenvalue weighted by molar-refractivity contribution is 6.42. The Labute approximate surface area is 119 Å². The molecule has 2 rings (SSSR count). The molecule has 0 aliphatic heterocycles. The van der Waals surface area contributed by atoms with Crippen molar-refractivity contribution in [2.45, 2.75) is 0 Å². The van der Waals surface area contributed by atoms with Crippen LogP contribution in [0.2, 0.25) is 15.1 Å². The molecule has 0 atom stereocenters. The van der Waals surface area contributed by atoms with E-state index in [2.05, 4.69) is 0 Å². The maximum atomic E-state index is 12.2. The Morgan fingerprint density at radius 2 is 1.67 bits per heavy atom. The summed E-state index contributed by atoms with van der Waals surface area (Å²) >= 11 is 17.4. The fourth-order valence-corrected chi connectivity index (χ4v) is 1.95. The third-order valence-corrected chi connectivity index (χ3v) is 3.36. The fraction of sp³-hybridized carbons (Fsp3) is 0. The smallest absolute Gasteiger partial charge is 0.196 e. The molecule has 2 aromatic rings. The van der Waals surface area contributed by atoms with Gasteiger partial charge in [0.25, 0.3) is 0 Å². The second-order valence-electron chi connectivity index (χ2n) is 3.62. The number of ketones is 1. The predicted octanol–water partition coefficient (Wildman–Crippen LogP) is 4.58. The molecule has 0 unspecified atom stereocenters. The summed E-state index contributed by atoms with van der Waals surface area (Å²) in [6.45, 7) is 0. The minimum atomic E-state index is -0.367. The molecule has 0 bridgehead atoms. The highest BCUT2D eigenvalue weighted by Crippen LogP contribution is 2.27. The van der Waals surface area contributed by atoms with Crippen LogP contribution in [0.25, 0.3) is 0 Å². The molecular formula is C13H7Cl3O2. The maximum absolute atomic E-state index is 12.2. The van der Waals surface area contributed by atoms with Crippen LogP contribution in [0.15, 0.2) is 36.4 Å². The summed E-state index contributed by atoms with van der Waals surface area (Å²) in [5, 5.41) is 10.7. The first kappa shape index (κ1) is 13.2. The van der Waals surface area contributed by atoms with E-state index < -0.39 is 0 Å². The second kappa shape index (κ2) is 5.19. The first-order valence-corrected chi connectivity index (χ1v) is 6.10. The van der Waals surface area contributed by atoms with E-state index in [1.54, 1.807) is 0 Å². The number of phenols is 1. The third kappa shape index (κ3) is 2.61. The molecule has 0 fully saturated rings. The van der Waals surface area contributed by atoms with Crippen molar-refractivity contribution < 1.29 is 9.90 Å². The van der Waals surface area contributed by atoms with Gasteiger partial charge in [0, 0.05) is 10.6 Å². The monoisotopic (exact) mass is 300 g/mol. The number of benzene rings is 2. The van der Waals surface area contributed by atoms with E-state index >= 15 is 0 Å². The van der Waals surface area contributed by atoms with Crippen LogP contribution in [-0.4, -0.2) is 10.9 Å². The van der Waals surface area contributed by atoms with Crippen LogP contribution in [0.5, 0.6) is 5.75 Å². The van der Waals surface area contributed by atoms with Crippen molar-refractivity contribution in [3.63, 3.8) is 0 Å². The minimum Gasteiger partial charge on any atom is -0.507 e.